The summed E-state index contributed by atoms with van der Waals surface area (Å²) in [7, 11) is 0. The number of rotatable bonds is 5. The molecule has 1 atom stereocenters. The Morgan fingerprint density at radius 1 is 1.06 bits per heavy atom. The zero-order chi connectivity index (χ0) is 24.4. The first-order valence-electron chi connectivity index (χ1n) is 11.8. The van der Waals surface area contributed by atoms with E-state index in [1.165, 1.54) is 42.0 Å². The summed E-state index contributed by atoms with van der Waals surface area (Å²) in [6.07, 6.45) is 7.32. The van der Waals surface area contributed by atoms with Crippen molar-refractivity contribution < 1.29 is 4.39 Å². The molecule has 178 valence electrons. The van der Waals surface area contributed by atoms with Gasteiger partial charge in [-0.1, -0.05) is 36.2 Å². The number of likely N-dealkylation sites (tertiary alicyclic amines) is 1. The minimum atomic E-state index is -0.491. The van der Waals surface area contributed by atoms with Crippen LogP contribution in [0.2, 0.25) is 5.02 Å². The Balaban J connectivity index is 1.54. The van der Waals surface area contributed by atoms with Gasteiger partial charge in [-0.25, -0.2) is 9.37 Å². The van der Waals surface area contributed by atoms with E-state index in [2.05, 4.69) is 16.8 Å². The molecule has 1 saturated heterocycles. The van der Waals surface area contributed by atoms with Gasteiger partial charge in [0, 0.05) is 12.6 Å². The molecule has 0 aliphatic carbocycles. The van der Waals surface area contributed by atoms with E-state index < -0.39 is 5.82 Å². The van der Waals surface area contributed by atoms with E-state index in [1.54, 1.807) is 30.3 Å². The second kappa shape index (κ2) is 10.1. The maximum Gasteiger partial charge on any atom is 0.266 e. The van der Waals surface area contributed by atoms with Crippen LogP contribution in [0.1, 0.15) is 43.4 Å². The summed E-state index contributed by atoms with van der Waals surface area (Å²) in [5.74, 6) is -0.103. The summed E-state index contributed by atoms with van der Waals surface area (Å²) in [6, 6.07) is 17.6. The Labute approximate surface area is 208 Å². The number of nitrogens with zero attached hydrogens (tertiary/aromatic N) is 4. The quantitative estimate of drug-likeness (QED) is 0.339. The maximum absolute atomic E-state index is 13.9. The summed E-state index contributed by atoms with van der Waals surface area (Å²) in [5, 5.41) is 0.593. The normalized spacial score (nSPS) is 16.8. The van der Waals surface area contributed by atoms with E-state index >= 15 is 0 Å². The van der Waals surface area contributed by atoms with Crippen molar-refractivity contribution in [1.82, 2.24) is 19.4 Å². The number of halogens is 2. The Kier molecular flexibility index (Phi) is 6.75. The van der Waals surface area contributed by atoms with Gasteiger partial charge in [0.25, 0.3) is 5.56 Å². The van der Waals surface area contributed by atoms with Crippen LogP contribution in [0.3, 0.4) is 0 Å². The number of benzene rings is 2. The topological polar surface area (TPSA) is 51.0 Å². The fourth-order valence-corrected chi connectivity index (χ4v) is 4.81. The van der Waals surface area contributed by atoms with E-state index in [4.69, 9.17) is 16.6 Å². The monoisotopic (exact) mass is 488 g/mol. The molecule has 3 heterocycles. The van der Waals surface area contributed by atoms with Gasteiger partial charge in [-0.3, -0.25) is 19.2 Å². The van der Waals surface area contributed by atoms with Crippen LogP contribution < -0.4 is 5.56 Å². The lowest BCUT2D eigenvalue weighted by Gasteiger charge is -2.32. The van der Waals surface area contributed by atoms with Crippen molar-refractivity contribution in [3.05, 3.63) is 99.1 Å². The summed E-state index contributed by atoms with van der Waals surface area (Å²) < 4.78 is 15.3. The molecule has 0 radical (unpaired) electrons. The molecule has 0 amide bonds. The number of piperidine rings is 1. The zero-order valence-electron chi connectivity index (χ0n) is 19.5. The average Bonchev–Trinajstić information content (AvgIpc) is 2.86. The van der Waals surface area contributed by atoms with Gasteiger partial charge in [0.15, 0.2) is 0 Å². The van der Waals surface area contributed by atoms with Crippen molar-refractivity contribution in [3.8, 4) is 5.69 Å². The first-order valence-corrected chi connectivity index (χ1v) is 12.2. The molecule has 5 nitrogen and oxygen atoms in total. The van der Waals surface area contributed by atoms with E-state index in [9.17, 15) is 9.18 Å². The summed E-state index contributed by atoms with van der Waals surface area (Å²) >= 11 is 6.42. The number of hydrogen-bond acceptors (Lipinski definition) is 4. The van der Waals surface area contributed by atoms with Crippen LogP contribution in [0.25, 0.3) is 28.7 Å². The number of pyridine rings is 1. The predicted molar refractivity (Wildman–Crippen MR) is 139 cm³/mol. The number of para-hydroxylation sites is 1. The minimum absolute atomic E-state index is 0.192. The molecule has 2 aromatic heterocycles. The molecule has 1 fully saturated rings. The molecule has 2 aromatic carbocycles. The Bertz CT molecular complexity index is 1470. The molecule has 4 aromatic rings. The lowest BCUT2D eigenvalue weighted by atomic mass is 10.0. The second-order valence-electron chi connectivity index (χ2n) is 8.93. The third-order valence-electron chi connectivity index (χ3n) is 6.49. The minimum Gasteiger partial charge on any atom is -0.295 e. The molecule has 0 spiro atoms. The van der Waals surface area contributed by atoms with E-state index in [0.717, 1.165) is 24.5 Å². The van der Waals surface area contributed by atoms with Gasteiger partial charge in [-0.2, -0.15) is 0 Å². The van der Waals surface area contributed by atoms with Gasteiger partial charge in [0.2, 0.25) is 0 Å². The lowest BCUT2D eigenvalue weighted by molar-refractivity contribution is 0.151. The van der Waals surface area contributed by atoms with Crippen molar-refractivity contribution in [2.24, 2.45) is 0 Å². The molecule has 0 N–H and O–H groups in total. The molecule has 5 rings (SSSR count). The Hall–Kier alpha value is -3.35. The van der Waals surface area contributed by atoms with Crippen LogP contribution >= 0.6 is 11.6 Å². The van der Waals surface area contributed by atoms with Gasteiger partial charge in [-0.05, 0) is 80.9 Å². The van der Waals surface area contributed by atoms with Gasteiger partial charge in [-0.15, -0.1) is 0 Å². The van der Waals surface area contributed by atoms with Gasteiger partial charge >= 0.3 is 0 Å². The van der Waals surface area contributed by atoms with Crippen molar-refractivity contribution in [3.63, 3.8) is 0 Å². The third kappa shape index (κ3) is 5.04. The molecule has 0 saturated carbocycles. The molecule has 1 aliphatic heterocycles. The van der Waals surface area contributed by atoms with Crippen LogP contribution in [0.15, 0.2) is 65.5 Å². The fraction of sp³-hybridized carbons (Fsp3) is 0.250. The fourth-order valence-electron chi connectivity index (χ4n) is 4.59. The average molecular weight is 489 g/mol. The van der Waals surface area contributed by atoms with Gasteiger partial charge < -0.3 is 0 Å². The van der Waals surface area contributed by atoms with Crippen LogP contribution in [-0.2, 0) is 6.54 Å². The van der Waals surface area contributed by atoms with Gasteiger partial charge in [0.05, 0.1) is 33.0 Å². The molecule has 0 bridgehead atoms. The summed E-state index contributed by atoms with van der Waals surface area (Å²) in [6.45, 7) is 4.18. The van der Waals surface area contributed by atoms with E-state index in [0.29, 0.717) is 28.1 Å². The molecular weight excluding hydrogens is 463 g/mol. The zero-order valence-corrected chi connectivity index (χ0v) is 20.3. The molecule has 35 heavy (non-hydrogen) atoms. The standard InChI is InChI=1S/C28H26ClFN4O/c1-19-7-4-5-16-33(19)18-22-9-6-8-21(31-22)13-15-27-32-25-14-12-20(30)17-23(25)28(35)34(27)26-11-3-2-10-24(26)29/h2-3,6,8-15,17,19H,4-5,7,16,18H2,1H3. The number of aromatic nitrogens is 3. The SMILES string of the molecule is CC1CCCCN1Cc1cccc(C=Cc2nc3ccc(F)cc3c(=O)n2-c2ccccc2Cl)n1. The Morgan fingerprint density at radius 3 is 2.74 bits per heavy atom. The lowest BCUT2D eigenvalue weighted by Crippen LogP contribution is -2.36. The Morgan fingerprint density at radius 2 is 1.91 bits per heavy atom. The third-order valence-corrected chi connectivity index (χ3v) is 6.81. The molecule has 1 unspecified atom stereocenters. The highest BCUT2D eigenvalue weighted by atomic mass is 35.5. The highest BCUT2D eigenvalue weighted by molar-refractivity contribution is 6.32. The van der Waals surface area contributed by atoms with E-state index in [-0.39, 0.29) is 10.9 Å². The first kappa shape index (κ1) is 23.4. The highest BCUT2D eigenvalue weighted by Crippen LogP contribution is 2.23. The van der Waals surface area contributed by atoms with E-state index in [1.807, 2.05) is 24.3 Å². The first-order chi connectivity index (χ1) is 17.0. The second-order valence-corrected chi connectivity index (χ2v) is 9.33. The predicted octanol–water partition coefficient (Wildman–Crippen LogP) is 6.12. The van der Waals surface area contributed by atoms with Crippen LogP contribution in [0.4, 0.5) is 4.39 Å². The van der Waals surface area contributed by atoms with Crippen molar-refractivity contribution >= 4 is 34.7 Å². The van der Waals surface area contributed by atoms with Crippen LogP contribution in [0.5, 0.6) is 0 Å². The van der Waals surface area contributed by atoms with Crippen LogP contribution in [-0.4, -0.2) is 32.0 Å². The molecule has 1 aliphatic rings. The van der Waals surface area contributed by atoms with Gasteiger partial charge in [0.1, 0.15) is 11.6 Å². The largest absolute Gasteiger partial charge is 0.295 e. The van der Waals surface area contributed by atoms with Crippen LogP contribution in [0, 0.1) is 5.82 Å². The number of fused-ring (bicyclic) bond motifs is 1. The molecular formula is C28H26ClFN4O. The van der Waals surface area contributed by atoms with Crippen molar-refractivity contribution in [2.45, 2.75) is 38.8 Å². The number of hydrogen-bond donors (Lipinski definition) is 0. The van der Waals surface area contributed by atoms with Crippen molar-refractivity contribution in [2.75, 3.05) is 6.54 Å². The van der Waals surface area contributed by atoms with Crippen molar-refractivity contribution in [1.29, 1.82) is 0 Å². The summed E-state index contributed by atoms with van der Waals surface area (Å²) in [4.78, 5) is 25.3. The summed E-state index contributed by atoms with van der Waals surface area (Å²) in [5.41, 5.74) is 2.29. The molecule has 7 heteroatoms. The smallest absolute Gasteiger partial charge is 0.266 e. The highest BCUT2D eigenvalue weighted by Gasteiger charge is 2.18. The maximum atomic E-state index is 13.9.